The molecule has 1 aliphatic rings. The van der Waals surface area contributed by atoms with Gasteiger partial charge in [-0.05, 0) is 29.2 Å². The van der Waals surface area contributed by atoms with Crippen molar-refractivity contribution >= 4 is 10.8 Å². The largest absolute Gasteiger partial charge is 0.390 e. The molecule has 2 nitrogen and oxygen atoms in total. The first-order chi connectivity index (χ1) is 9.69. The van der Waals surface area contributed by atoms with Crippen molar-refractivity contribution in [3.63, 3.8) is 0 Å². The Bertz CT molecular complexity index is 579. The number of aliphatic hydroxyl groups is 2. The molecule has 0 saturated heterocycles. The molecule has 1 atom stereocenters. The van der Waals surface area contributed by atoms with Gasteiger partial charge >= 0.3 is 0 Å². The van der Waals surface area contributed by atoms with Crippen LogP contribution in [0.5, 0.6) is 0 Å². The summed E-state index contributed by atoms with van der Waals surface area (Å²) in [7, 11) is 0. The summed E-state index contributed by atoms with van der Waals surface area (Å²) in [4.78, 5) is 0. The molecule has 1 saturated carbocycles. The van der Waals surface area contributed by atoms with E-state index in [0.717, 1.165) is 31.2 Å². The van der Waals surface area contributed by atoms with Crippen LogP contribution in [-0.2, 0) is 6.42 Å². The minimum absolute atomic E-state index is 0.526. The molecule has 2 aromatic carbocycles. The van der Waals surface area contributed by atoms with Crippen molar-refractivity contribution in [2.45, 2.75) is 50.2 Å². The molecule has 2 heteroatoms. The summed E-state index contributed by atoms with van der Waals surface area (Å²) in [6.45, 7) is 0. The Balaban J connectivity index is 1.85. The van der Waals surface area contributed by atoms with Gasteiger partial charge in [0.15, 0.2) is 0 Å². The minimum Gasteiger partial charge on any atom is -0.390 e. The fraction of sp³-hybridized carbons (Fsp3) is 0.444. The average Bonchev–Trinajstić information content (AvgIpc) is 2.48. The smallest absolute Gasteiger partial charge is 0.0908 e. The number of hydrogen-bond acceptors (Lipinski definition) is 2. The van der Waals surface area contributed by atoms with E-state index in [1.165, 1.54) is 17.2 Å². The van der Waals surface area contributed by atoms with E-state index >= 15 is 0 Å². The van der Waals surface area contributed by atoms with E-state index in [0.29, 0.717) is 6.42 Å². The average molecular weight is 270 g/mol. The van der Waals surface area contributed by atoms with Gasteiger partial charge in [0.05, 0.1) is 11.7 Å². The Morgan fingerprint density at radius 3 is 2.45 bits per heavy atom. The Kier molecular flexibility index (Phi) is 3.77. The third-order valence-electron chi connectivity index (χ3n) is 4.63. The summed E-state index contributed by atoms with van der Waals surface area (Å²) < 4.78 is 0. The maximum Gasteiger partial charge on any atom is 0.0908 e. The fourth-order valence-corrected chi connectivity index (χ4v) is 3.37. The molecular weight excluding hydrogens is 248 g/mol. The molecule has 0 spiro atoms. The molecule has 1 aliphatic carbocycles. The second kappa shape index (κ2) is 5.55. The van der Waals surface area contributed by atoms with Gasteiger partial charge in [-0.3, -0.25) is 0 Å². The first-order valence-corrected chi connectivity index (χ1v) is 7.56. The van der Waals surface area contributed by atoms with Crippen molar-refractivity contribution in [1.82, 2.24) is 0 Å². The molecule has 106 valence electrons. The molecule has 2 aromatic rings. The molecule has 1 unspecified atom stereocenters. The lowest BCUT2D eigenvalue weighted by molar-refractivity contribution is -0.0959. The van der Waals surface area contributed by atoms with Gasteiger partial charge in [0.25, 0.3) is 0 Å². The zero-order valence-electron chi connectivity index (χ0n) is 11.8. The number of fused-ring (bicyclic) bond motifs is 1. The van der Waals surface area contributed by atoms with Crippen LogP contribution >= 0.6 is 0 Å². The summed E-state index contributed by atoms with van der Waals surface area (Å²) in [5.74, 6) is 0. The van der Waals surface area contributed by atoms with Gasteiger partial charge in [-0.2, -0.15) is 0 Å². The number of rotatable bonds is 3. The highest BCUT2D eigenvalue weighted by molar-refractivity contribution is 5.85. The molecule has 0 radical (unpaired) electrons. The van der Waals surface area contributed by atoms with Crippen molar-refractivity contribution in [2.75, 3.05) is 0 Å². The maximum atomic E-state index is 10.6. The van der Waals surface area contributed by atoms with Crippen molar-refractivity contribution in [3.8, 4) is 0 Å². The molecule has 2 N–H and O–H groups in total. The normalized spacial score (nSPS) is 19.9. The molecular formula is C18H22O2. The lowest BCUT2D eigenvalue weighted by Gasteiger charge is -2.36. The SMILES string of the molecule is OC(Cc1cccc2ccccc12)C1(O)CCCCC1. The fourth-order valence-electron chi connectivity index (χ4n) is 3.37. The van der Waals surface area contributed by atoms with Crippen LogP contribution in [0, 0.1) is 0 Å². The quantitative estimate of drug-likeness (QED) is 0.897. The van der Waals surface area contributed by atoms with Crippen molar-refractivity contribution in [3.05, 3.63) is 48.0 Å². The van der Waals surface area contributed by atoms with Gasteiger partial charge in [0, 0.05) is 6.42 Å². The summed E-state index contributed by atoms with van der Waals surface area (Å²) in [6.07, 6.45) is 4.50. The van der Waals surface area contributed by atoms with Crippen LogP contribution < -0.4 is 0 Å². The van der Waals surface area contributed by atoms with Crippen molar-refractivity contribution < 1.29 is 10.2 Å². The lowest BCUT2D eigenvalue weighted by Crippen LogP contribution is -2.45. The van der Waals surface area contributed by atoms with E-state index in [4.69, 9.17) is 0 Å². The second-order valence-electron chi connectivity index (χ2n) is 6.02. The first kappa shape index (κ1) is 13.6. The molecule has 1 fully saturated rings. The van der Waals surface area contributed by atoms with E-state index in [2.05, 4.69) is 24.3 Å². The maximum absolute atomic E-state index is 10.6. The van der Waals surface area contributed by atoms with Crippen LogP contribution in [0.4, 0.5) is 0 Å². The molecule has 0 aromatic heterocycles. The molecule has 3 rings (SSSR count). The summed E-state index contributed by atoms with van der Waals surface area (Å²) in [5.41, 5.74) is 0.226. The number of aliphatic hydroxyl groups excluding tert-OH is 1. The summed E-state index contributed by atoms with van der Waals surface area (Å²) in [6, 6.07) is 14.4. The standard InChI is InChI=1S/C18H22O2/c19-17(18(20)11-4-1-5-12-18)13-15-9-6-8-14-7-2-3-10-16(14)15/h2-3,6-10,17,19-20H,1,4-5,11-13H2. The molecule has 0 aliphatic heterocycles. The van der Waals surface area contributed by atoms with Crippen LogP contribution in [-0.4, -0.2) is 21.9 Å². The minimum atomic E-state index is -0.894. The van der Waals surface area contributed by atoms with E-state index in [1.54, 1.807) is 0 Å². The van der Waals surface area contributed by atoms with Crippen LogP contribution in [0.25, 0.3) is 10.8 Å². The molecule has 20 heavy (non-hydrogen) atoms. The first-order valence-electron chi connectivity index (χ1n) is 7.56. The molecule has 0 heterocycles. The number of benzene rings is 2. The van der Waals surface area contributed by atoms with E-state index in [1.807, 2.05) is 18.2 Å². The highest BCUT2D eigenvalue weighted by Gasteiger charge is 2.36. The van der Waals surface area contributed by atoms with Gasteiger partial charge in [-0.25, -0.2) is 0 Å². The Hall–Kier alpha value is -1.38. The van der Waals surface area contributed by atoms with Gasteiger partial charge in [-0.15, -0.1) is 0 Å². The summed E-state index contributed by atoms with van der Waals surface area (Å²) >= 11 is 0. The van der Waals surface area contributed by atoms with E-state index in [9.17, 15) is 10.2 Å². The van der Waals surface area contributed by atoms with Crippen molar-refractivity contribution in [1.29, 1.82) is 0 Å². The summed E-state index contributed by atoms with van der Waals surface area (Å²) in [5, 5.41) is 23.5. The van der Waals surface area contributed by atoms with Crippen LogP contribution in [0.3, 0.4) is 0 Å². The molecule has 0 bridgehead atoms. The Morgan fingerprint density at radius 2 is 1.65 bits per heavy atom. The highest BCUT2D eigenvalue weighted by Crippen LogP contribution is 2.33. The van der Waals surface area contributed by atoms with Crippen LogP contribution in [0.2, 0.25) is 0 Å². The van der Waals surface area contributed by atoms with Gasteiger partial charge in [0.2, 0.25) is 0 Å². The third kappa shape index (κ3) is 2.58. The topological polar surface area (TPSA) is 40.5 Å². The van der Waals surface area contributed by atoms with Gasteiger partial charge < -0.3 is 10.2 Å². The number of hydrogen-bond donors (Lipinski definition) is 2. The van der Waals surface area contributed by atoms with Gasteiger partial charge in [0.1, 0.15) is 0 Å². The highest BCUT2D eigenvalue weighted by atomic mass is 16.3. The Morgan fingerprint density at radius 1 is 0.950 bits per heavy atom. The predicted molar refractivity (Wildman–Crippen MR) is 81.7 cm³/mol. The van der Waals surface area contributed by atoms with E-state index in [-0.39, 0.29) is 0 Å². The monoisotopic (exact) mass is 270 g/mol. The zero-order chi connectivity index (χ0) is 14.0. The van der Waals surface area contributed by atoms with E-state index < -0.39 is 11.7 Å². The molecule has 0 amide bonds. The lowest BCUT2D eigenvalue weighted by atomic mass is 9.78. The van der Waals surface area contributed by atoms with Crippen LogP contribution in [0.1, 0.15) is 37.7 Å². The van der Waals surface area contributed by atoms with Crippen molar-refractivity contribution in [2.24, 2.45) is 0 Å². The third-order valence-corrected chi connectivity index (χ3v) is 4.63. The second-order valence-corrected chi connectivity index (χ2v) is 6.02. The van der Waals surface area contributed by atoms with Crippen LogP contribution in [0.15, 0.2) is 42.5 Å². The Labute approximate surface area is 120 Å². The van der Waals surface area contributed by atoms with Gasteiger partial charge in [-0.1, -0.05) is 61.7 Å². The zero-order valence-corrected chi connectivity index (χ0v) is 11.8. The predicted octanol–water partition coefficient (Wildman–Crippen LogP) is 3.44.